The van der Waals surface area contributed by atoms with Crippen LogP contribution in [0.25, 0.3) is 6.08 Å². The first-order chi connectivity index (χ1) is 9.16. The summed E-state index contributed by atoms with van der Waals surface area (Å²) >= 11 is 0. The van der Waals surface area contributed by atoms with Crippen LogP contribution in [-0.2, 0) is 4.79 Å². The van der Waals surface area contributed by atoms with E-state index in [1.807, 2.05) is 0 Å². The van der Waals surface area contributed by atoms with E-state index in [0.29, 0.717) is 11.4 Å². The summed E-state index contributed by atoms with van der Waals surface area (Å²) in [5, 5.41) is 2.59. The Morgan fingerprint density at radius 2 is 1.95 bits per heavy atom. The van der Waals surface area contributed by atoms with E-state index in [0.717, 1.165) is 0 Å². The molecule has 0 radical (unpaired) electrons. The Hall–Kier alpha value is -2.82. The van der Waals surface area contributed by atoms with Gasteiger partial charge in [0.25, 0.3) is 5.91 Å². The Balaban J connectivity index is 2.09. The molecule has 0 aliphatic rings. The van der Waals surface area contributed by atoms with Crippen LogP contribution in [-0.4, -0.2) is 11.8 Å². The van der Waals surface area contributed by atoms with Crippen LogP contribution in [0, 0.1) is 0 Å². The van der Waals surface area contributed by atoms with Gasteiger partial charge in [-0.05, 0) is 30.3 Å². The molecule has 0 saturated carbocycles. The predicted molar refractivity (Wildman–Crippen MR) is 71.3 cm³/mol. The van der Waals surface area contributed by atoms with Gasteiger partial charge in [-0.3, -0.25) is 9.59 Å². The number of hydrogen-bond donors (Lipinski definition) is 2. The van der Waals surface area contributed by atoms with Crippen molar-refractivity contribution in [3.63, 3.8) is 0 Å². The molecule has 5 nitrogen and oxygen atoms in total. The van der Waals surface area contributed by atoms with E-state index >= 15 is 0 Å². The van der Waals surface area contributed by atoms with Crippen molar-refractivity contribution < 1.29 is 14.0 Å². The lowest BCUT2D eigenvalue weighted by atomic mass is 10.1. The third-order valence-electron chi connectivity index (χ3n) is 2.39. The van der Waals surface area contributed by atoms with E-state index in [2.05, 4.69) is 5.32 Å². The van der Waals surface area contributed by atoms with Crippen LogP contribution in [0.15, 0.2) is 53.2 Å². The van der Waals surface area contributed by atoms with Crippen molar-refractivity contribution in [3.8, 4) is 0 Å². The number of benzene rings is 1. The van der Waals surface area contributed by atoms with Crippen LogP contribution in [0.2, 0.25) is 0 Å². The molecule has 2 amide bonds. The number of furan rings is 1. The quantitative estimate of drug-likeness (QED) is 0.821. The lowest BCUT2D eigenvalue weighted by Crippen LogP contribution is -2.16. The van der Waals surface area contributed by atoms with Gasteiger partial charge < -0.3 is 15.5 Å². The highest BCUT2D eigenvalue weighted by atomic mass is 16.3. The molecule has 0 aliphatic carbocycles. The number of nitrogens with two attached hydrogens (primary N) is 1. The zero-order chi connectivity index (χ0) is 13.7. The van der Waals surface area contributed by atoms with Crippen LogP contribution in [0.4, 0.5) is 5.69 Å². The Kier molecular flexibility index (Phi) is 3.78. The Labute approximate surface area is 109 Å². The summed E-state index contributed by atoms with van der Waals surface area (Å²) in [6.45, 7) is 0. The summed E-state index contributed by atoms with van der Waals surface area (Å²) in [6, 6.07) is 9.99. The number of para-hydroxylation sites is 1. The van der Waals surface area contributed by atoms with Crippen LogP contribution in [0.3, 0.4) is 0 Å². The molecule has 3 N–H and O–H groups in total. The summed E-state index contributed by atoms with van der Waals surface area (Å²) in [4.78, 5) is 22.9. The fourth-order valence-corrected chi connectivity index (χ4v) is 1.53. The molecule has 0 saturated heterocycles. The maximum atomic E-state index is 11.7. The van der Waals surface area contributed by atoms with Crippen LogP contribution < -0.4 is 11.1 Å². The van der Waals surface area contributed by atoms with Crippen molar-refractivity contribution in [1.82, 2.24) is 0 Å². The Bertz CT molecular complexity index is 615. The topological polar surface area (TPSA) is 85.3 Å². The molecule has 0 fully saturated rings. The zero-order valence-corrected chi connectivity index (χ0v) is 10.00. The maximum Gasteiger partial charge on any atom is 0.250 e. The highest BCUT2D eigenvalue weighted by Crippen LogP contribution is 2.14. The molecule has 0 aliphatic heterocycles. The van der Waals surface area contributed by atoms with Gasteiger partial charge in [-0.1, -0.05) is 12.1 Å². The number of carbonyl (C=O) groups is 2. The van der Waals surface area contributed by atoms with Gasteiger partial charge in [0.2, 0.25) is 5.91 Å². The van der Waals surface area contributed by atoms with Crippen molar-refractivity contribution in [3.05, 3.63) is 60.1 Å². The number of primary amides is 1. The Morgan fingerprint density at radius 3 is 2.63 bits per heavy atom. The van der Waals surface area contributed by atoms with E-state index in [1.165, 1.54) is 18.4 Å². The van der Waals surface area contributed by atoms with Crippen LogP contribution in [0.5, 0.6) is 0 Å². The standard InChI is InChI=1S/C14H12N2O3/c15-14(18)11-5-1-2-6-12(11)16-13(17)8-7-10-4-3-9-19-10/h1-9H,(H2,15,18)(H,16,17). The molecule has 2 aromatic rings. The van der Waals surface area contributed by atoms with Gasteiger partial charge in [0.1, 0.15) is 5.76 Å². The molecular weight excluding hydrogens is 244 g/mol. The molecule has 2 rings (SSSR count). The average molecular weight is 256 g/mol. The zero-order valence-electron chi connectivity index (χ0n) is 10.00. The van der Waals surface area contributed by atoms with Crippen molar-refractivity contribution in [2.45, 2.75) is 0 Å². The molecule has 0 atom stereocenters. The summed E-state index contributed by atoms with van der Waals surface area (Å²) in [5.41, 5.74) is 5.86. The van der Waals surface area contributed by atoms with E-state index in [9.17, 15) is 9.59 Å². The number of carbonyl (C=O) groups excluding carboxylic acids is 2. The molecule has 0 unspecified atom stereocenters. The molecule has 96 valence electrons. The second kappa shape index (κ2) is 5.68. The number of rotatable bonds is 4. The first kappa shape index (κ1) is 12.6. The summed E-state index contributed by atoms with van der Waals surface area (Å²) < 4.78 is 5.06. The molecule has 1 aromatic heterocycles. The normalized spacial score (nSPS) is 10.5. The average Bonchev–Trinajstić information content (AvgIpc) is 2.90. The van der Waals surface area contributed by atoms with Crippen LogP contribution in [0.1, 0.15) is 16.1 Å². The van der Waals surface area contributed by atoms with Crippen molar-refractivity contribution in [1.29, 1.82) is 0 Å². The minimum Gasteiger partial charge on any atom is -0.465 e. The number of hydrogen-bond acceptors (Lipinski definition) is 3. The highest BCUT2D eigenvalue weighted by Gasteiger charge is 2.08. The Morgan fingerprint density at radius 1 is 1.16 bits per heavy atom. The molecule has 5 heteroatoms. The first-order valence-corrected chi connectivity index (χ1v) is 5.58. The smallest absolute Gasteiger partial charge is 0.250 e. The number of nitrogens with one attached hydrogen (secondary N) is 1. The summed E-state index contributed by atoms with van der Waals surface area (Å²) in [6.07, 6.45) is 4.36. The second-order valence-corrected chi connectivity index (χ2v) is 3.75. The van der Waals surface area contributed by atoms with Crippen molar-refractivity contribution >= 4 is 23.6 Å². The summed E-state index contributed by atoms with van der Waals surface area (Å²) in [7, 11) is 0. The molecule has 1 aromatic carbocycles. The lowest BCUT2D eigenvalue weighted by molar-refractivity contribution is -0.111. The molecular formula is C14H12N2O3. The van der Waals surface area contributed by atoms with E-state index in [1.54, 1.807) is 36.4 Å². The fourth-order valence-electron chi connectivity index (χ4n) is 1.53. The molecule has 0 bridgehead atoms. The predicted octanol–water partition coefficient (Wildman–Crippen LogP) is 2.03. The second-order valence-electron chi connectivity index (χ2n) is 3.75. The monoisotopic (exact) mass is 256 g/mol. The van der Waals surface area contributed by atoms with Gasteiger partial charge in [0.05, 0.1) is 17.5 Å². The third-order valence-corrected chi connectivity index (χ3v) is 2.39. The first-order valence-electron chi connectivity index (χ1n) is 5.58. The molecule has 19 heavy (non-hydrogen) atoms. The highest BCUT2D eigenvalue weighted by molar-refractivity contribution is 6.07. The molecule has 1 heterocycles. The van der Waals surface area contributed by atoms with Crippen LogP contribution >= 0.6 is 0 Å². The van der Waals surface area contributed by atoms with Crippen molar-refractivity contribution in [2.24, 2.45) is 5.73 Å². The maximum absolute atomic E-state index is 11.7. The van der Waals surface area contributed by atoms with Gasteiger partial charge in [0, 0.05) is 6.08 Å². The number of anilines is 1. The largest absolute Gasteiger partial charge is 0.465 e. The lowest BCUT2D eigenvalue weighted by Gasteiger charge is -2.06. The van der Waals surface area contributed by atoms with Gasteiger partial charge in [-0.2, -0.15) is 0 Å². The minimum absolute atomic E-state index is 0.266. The summed E-state index contributed by atoms with van der Waals surface area (Å²) in [5.74, 6) is -0.394. The van der Waals surface area contributed by atoms with Gasteiger partial charge in [-0.15, -0.1) is 0 Å². The number of amides is 2. The van der Waals surface area contributed by atoms with Gasteiger partial charge >= 0.3 is 0 Å². The fraction of sp³-hybridized carbons (Fsp3) is 0. The minimum atomic E-state index is -0.592. The SMILES string of the molecule is NC(=O)c1ccccc1NC(=O)C=Cc1ccco1. The molecule has 0 spiro atoms. The third kappa shape index (κ3) is 3.32. The van der Waals surface area contributed by atoms with Gasteiger partial charge in [-0.25, -0.2) is 0 Å². The van der Waals surface area contributed by atoms with Gasteiger partial charge in [0.15, 0.2) is 0 Å². The van der Waals surface area contributed by atoms with E-state index in [-0.39, 0.29) is 11.5 Å². The van der Waals surface area contributed by atoms with E-state index < -0.39 is 5.91 Å². The van der Waals surface area contributed by atoms with Crippen molar-refractivity contribution in [2.75, 3.05) is 5.32 Å². The van der Waals surface area contributed by atoms with E-state index in [4.69, 9.17) is 10.2 Å².